The third kappa shape index (κ3) is 4.26. The first-order valence-electron chi connectivity index (χ1n) is 11.5. The molecule has 0 radical (unpaired) electrons. The fourth-order valence-electron chi connectivity index (χ4n) is 4.48. The summed E-state index contributed by atoms with van der Waals surface area (Å²) in [6, 6.07) is 17.9. The summed E-state index contributed by atoms with van der Waals surface area (Å²) in [5.41, 5.74) is 5.83. The number of nitrogens with zero attached hydrogens (tertiary/aromatic N) is 4. The zero-order valence-electron chi connectivity index (χ0n) is 19.7. The third-order valence-electron chi connectivity index (χ3n) is 6.55. The molecule has 3 heterocycles. The van der Waals surface area contributed by atoms with E-state index >= 15 is 0 Å². The van der Waals surface area contributed by atoms with Crippen LogP contribution in [0.15, 0.2) is 59.1 Å². The van der Waals surface area contributed by atoms with Crippen LogP contribution in [0.5, 0.6) is 5.75 Å². The normalized spacial score (nSPS) is 14.5. The molecule has 0 N–H and O–H groups in total. The number of amides is 1. The molecular formula is C27H28N4O3. The highest BCUT2D eigenvalue weighted by atomic mass is 16.5. The first-order valence-corrected chi connectivity index (χ1v) is 11.5. The number of aryl methyl sites for hydroxylation is 2. The summed E-state index contributed by atoms with van der Waals surface area (Å²) in [4.78, 5) is 22.6. The van der Waals surface area contributed by atoms with E-state index in [0.29, 0.717) is 41.1 Å². The zero-order chi connectivity index (χ0) is 23.7. The van der Waals surface area contributed by atoms with Crippen LogP contribution in [-0.4, -0.2) is 59.1 Å². The van der Waals surface area contributed by atoms with E-state index in [9.17, 15) is 4.79 Å². The lowest BCUT2D eigenvalue weighted by Crippen LogP contribution is -2.48. The van der Waals surface area contributed by atoms with E-state index in [1.807, 2.05) is 42.2 Å². The van der Waals surface area contributed by atoms with Crippen molar-refractivity contribution >= 4 is 17.0 Å². The number of piperazine rings is 1. The van der Waals surface area contributed by atoms with E-state index in [4.69, 9.17) is 9.26 Å². The maximum absolute atomic E-state index is 13.7. The molecule has 4 aromatic rings. The molecule has 0 saturated carbocycles. The fraction of sp³-hybridized carbons (Fsp3) is 0.296. The Kier molecular flexibility index (Phi) is 6.02. The molecule has 34 heavy (non-hydrogen) atoms. The lowest BCUT2D eigenvalue weighted by molar-refractivity contribution is 0.0630. The topological polar surface area (TPSA) is 71.7 Å². The van der Waals surface area contributed by atoms with Crippen molar-refractivity contribution in [1.82, 2.24) is 19.9 Å². The number of methoxy groups -OCH3 is 1. The summed E-state index contributed by atoms with van der Waals surface area (Å²) in [7, 11) is 1.63. The van der Waals surface area contributed by atoms with Crippen molar-refractivity contribution in [2.24, 2.45) is 0 Å². The number of pyridine rings is 1. The second-order valence-corrected chi connectivity index (χ2v) is 8.73. The average Bonchev–Trinajstić information content (AvgIpc) is 3.25. The van der Waals surface area contributed by atoms with Gasteiger partial charge in [0.2, 0.25) is 0 Å². The molecule has 0 unspecified atom stereocenters. The highest BCUT2D eigenvalue weighted by Gasteiger charge is 2.26. The van der Waals surface area contributed by atoms with Crippen LogP contribution in [0.1, 0.15) is 27.2 Å². The average molecular weight is 457 g/mol. The van der Waals surface area contributed by atoms with Crippen LogP contribution in [-0.2, 0) is 6.54 Å². The Bertz CT molecular complexity index is 1320. The first-order chi connectivity index (χ1) is 16.5. The van der Waals surface area contributed by atoms with Gasteiger partial charge in [0.25, 0.3) is 11.6 Å². The van der Waals surface area contributed by atoms with Crippen molar-refractivity contribution in [3.8, 4) is 17.0 Å². The molecule has 174 valence electrons. The lowest BCUT2D eigenvalue weighted by atomic mass is 10.0. The summed E-state index contributed by atoms with van der Waals surface area (Å²) < 4.78 is 10.7. The number of benzene rings is 2. The molecule has 0 atom stereocenters. The van der Waals surface area contributed by atoms with Crippen molar-refractivity contribution in [1.29, 1.82) is 0 Å². The Labute approximate surface area is 198 Å². The lowest BCUT2D eigenvalue weighted by Gasteiger charge is -2.35. The van der Waals surface area contributed by atoms with Crippen LogP contribution in [0, 0.1) is 13.8 Å². The number of ether oxygens (including phenoxy) is 1. The van der Waals surface area contributed by atoms with E-state index < -0.39 is 0 Å². The molecule has 1 fully saturated rings. The maximum atomic E-state index is 13.7. The van der Waals surface area contributed by atoms with Gasteiger partial charge in [-0.3, -0.25) is 9.69 Å². The Hall–Kier alpha value is -3.71. The predicted molar refractivity (Wildman–Crippen MR) is 131 cm³/mol. The highest BCUT2D eigenvalue weighted by Crippen LogP contribution is 2.29. The standard InChI is InChI=1S/C27H28N4O3/c1-18-6-4-5-7-21(18)17-30-12-14-31(15-13-30)27(32)23-16-24(20-8-10-22(33-3)11-9-20)28-26-25(23)19(2)29-34-26/h4-11,16H,12-15,17H2,1-3H3. The molecule has 5 rings (SSSR count). The van der Waals surface area contributed by atoms with Gasteiger partial charge in [-0.2, -0.15) is 0 Å². The van der Waals surface area contributed by atoms with Gasteiger partial charge in [-0.1, -0.05) is 29.4 Å². The number of aromatic nitrogens is 2. The van der Waals surface area contributed by atoms with Gasteiger partial charge >= 0.3 is 0 Å². The number of hydrogen-bond donors (Lipinski definition) is 0. The quantitative estimate of drug-likeness (QED) is 0.441. The van der Waals surface area contributed by atoms with Crippen molar-refractivity contribution < 1.29 is 14.1 Å². The highest BCUT2D eigenvalue weighted by molar-refractivity contribution is 6.07. The Morgan fingerprint density at radius 2 is 1.76 bits per heavy atom. The molecule has 0 spiro atoms. The SMILES string of the molecule is COc1ccc(-c2cc(C(=O)N3CCN(Cc4ccccc4C)CC3)c3c(C)noc3n2)cc1. The minimum absolute atomic E-state index is 0.0102. The Balaban J connectivity index is 1.38. The second-order valence-electron chi connectivity index (χ2n) is 8.73. The van der Waals surface area contributed by atoms with Crippen LogP contribution in [0.25, 0.3) is 22.4 Å². The summed E-state index contributed by atoms with van der Waals surface area (Å²) in [5, 5.41) is 4.76. The Morgan fingerprint density at radius 1 is 1.03 bits per heavy atom. The first kappa shape index (κ1) is 22.1. The second kappa shape index (κ2) is 9.27. The summed E-state index contributed by atoms with van der Waals surface area (Å²) in [6.45, 7) is 7.92. The van der Waals surface area contributed by atoms with Crippen LogP contribution < -0.4 is 4.74 Å². The molecule has 7 nitrogen and oxygen atoms in total. The number of rotatable bonds is 5. The molecule has 2 aromatic carbocycles. The van der Waals surface area contributed by atoms with Crippen LogP contribution in [0.3, 0.4) is 0 Å². The van der Waals surface area contributed by atoms with Crippen LogP contribution in [0.2, 0.25) is 0 Å². The van der Waals surface area contributed by atoms with Gasteiger partial charge in [-0.15, -0.1) is 0 Å². The van der Waals surface area contributed by atoms with E-state index in [2.05, 4.69) is 46.2 Å². The van der Waals surface area contributed by atoms with E-state index in [1.54, 1.807) is 7.11 Å². The number of fused-ring (bicyclic) bond motifs is 1. The van der Waals surface area contributed by atoms with E-state index in [0.717, 1.165) is 30.9 Å². The molecule has 1 aliphatic rings. The van der Waals surface area contributed by atoms with Gasteiger partial charge in [0.05, 0.1) is 29.4 Å². The van der Waals surface area contributed by atoms with Gasteiger partial charge in [0.15, 0.2) is 0 Å². The van der Waals surface area contributed by atoms with Gasteiger partial charge in [0.1, 0.15) is 5.75 Å². The monoisotopic (exact) mass is 456 g/mol. The van der Waals surface area contributed by atoms with Gasteiger partial charge < -0.3 is 14.2 Å². The largest absolute Gasteiger partial charge is 0.497 e. The number of carbonyl (C=O) groups excluding carboxylic acids is 1. The molecule has 1 aliphatic heterocycles. The molecule has 7 heteroatoms. The molecule has 1 amide bonds. The van der Waals surface area contributed by atoms with Crippen molar-refractivity contribution in [2.45, 2.75) is 20.4 Å². The van der Waals surface area contributed by atoms with Crippen LogP contribution >= 0.6 is 0 Å². The minimum atomic E-state index is -0.0102. The van der Waals surface area contributed by atoms with Gasteiger partial charge in [-0.25, -0.2) is 4.98 Å². The molecular weight excluding hydrogens is 428 g/mol. The van der Waals surface area contributed by atoms with Gasteiger partial charge in [0, 0.05) is 38.3 Å². The number of carbonyl (C=O) groups is 1. The van der Waals surface area contributed by atoms with Crippen molar-refractivity contribution in [2.75, 3.05) is 33.3 Å². The molecule has 1 saturated heterocycles. The third-order valence-corrected chi connectivity index (χ3v) is 6.55. The Morgan fingerprint density at radius 3 is 2.47 bits per heavy atom. The predicted octanol–water partition coefficient (Wildman–Crippen LogP) is 4.47. The minimum Gasteiger partial charge on any atom is -0.497 e. The maximum Gasteiger partial charge on any atom is 0.259 e. The van der Waals surface area contributed by atoms with Crippen molar-refractivity contribution in [3.05, 3.63) is 77.0 Å². The van der Waals surface area contributed by atoms with Crippen LogP contribution in [0.4, 0.5) is 0 Å². The van der Waals surface area contributed by atoms with Gasteiger partial charge in [-0.05, 0) is 55.3 Å². The smallest absolute Gasteiger partial charge is 0.259 e. The molecule has 2 aromatic heterocycles. The molecule has 0 bridgehead atoms. The fourth-order valence-corrected chi connectivity index (χ4v) is 4.48. The van der Waals surface area contributed by atoms with E-state index in [1.165, 1.54) is 11.1 Å². The zero-order valence-corrected chi connectivity index (χ0v) is 19.7. The van der Waals surface area contributed by atoms with Crippen molar-refractivity contribution in [3.63, 3.8) is 0 Å². The summed E-state index contributed by atoms with van der Waals surface area (Å²) in [6.07, 6.45) is 0. The number of hydrogen-bond acceptors (Lipinski definition) is 6. The summed E-state index contributed by atoms with van der Waals surface area (Å²) in [5.74, 6) is 0.754. The summed E-state index contributed by atoms with van der Waals surface area (Å²) >= 11 is 0. The molecule has 0 aliphatic carbocycles. The van der Waals surface area contributed by atoms with E-state index in [-0.39, 0.29) is 5.91 Å².